The van der Waals surface area contributed by atoms with E-state index in [9.17, 15) is 4.79 Å². The van der Waals surface area contributed by atoms with Gasteiger partial charge in [0, 0.05) is 24.6 Å². The van der Waals surface area contributed by atoms with E-state index in [4.69, 9.17) is 9.84 Å². The van der Waals surface area contributed by atoms with Gasteiger partial charge in [-0.2, -0.15) is 0 Å². The molecule has 2 saturated heterocycles. The van der Waals surface area contributed by atoms with E-state index in [0.717, 1.165) is 19.3 Å². The zero-order valence-corrected chi connectivity index (χ0v) is 7.77. The molecule has 74 valence electrons. The Morgan fingerprint density at radius 2 is 2.38 bits per heavy atom. The van der Waals surface area contributed by atoms with Gasteiger partial charge in [-0.1, -0.05) is 0 Å². The number of hydrogen-bond donors (Lipinski definition) is 1. The number of carbonyl (C=O) groups excluding carboxylic acids is 1. The van der Waals surface area contributed by atoms with E-state index < -0.39 is 0 Å². The van der Waals surface area contributed by atoms with Crippen molar-refractivity contribution in [3.63, 3.8) is 0 Å². The number of amides is 1. The molecule has 0 aromatic rings. The molecule has 0 aliphatic carbocycles. The first kappa shape index (κ1) is 8.81. The topological polar surface area (TPSA) is 49.8 Å². The number of ether oxygens (including phenoxy) is 1. The fourth-order valence-corrected chi connectivity index (χ4v) is 2.70. The van der Waals surface area contributed by atoms with Crippen molar-refractivity contribution in [2.75, 3.05) is 13.7 Å². The zero-order chi connectivity index (χ0) is 9.42. The summed E-state index contributed by atoms with van der Waals surface area (Å²) in [5.74, 6) is 0.276. The van der Waals surface area contributed by atoms with E-state index in [-0.39, 0.29) is 24.7 Å². The second-order valence-corrected chi connectivity index (χ2v) is 3.85. The first-order valence-electron chi connectivity index (χ1n) is 4.75. The average molecular weight is 185 g/mol. The maximum Gasteiger partial charge on any atom is 0.409 e. The van der Waals surface area contributed by atoms with Crippen LogP contribution in [0.2, 0.25) is 0 Å². The third-order valence-corrected chi connectivity index (χ3v) is 3.29. The van der Waals surface area contributed by atoms with Crippen LogP contribution in [0.25, 0.3) is 0 Å². The Bertz CT molecular complexity index is 219. The minimum Gasteiger partial charge on any atom is -0.453 e. The van der Waals surface area contributed by atoms with Crippen LogP contribution in [0.15, 0.2) is 0 Å². The maximum absolute atomic E-state index is 11.4. The number of fused-ring (bicyclic) bond motifs is 2. The Labute approximate surface area is 77.5 Å². The molecular weight excluding hydrogens is 170 g/mol. The highest BCUT2D eigenvalue weighted by Crippen LogP contribution is 2.41. The molecule has 2 rings (SSSR count). The standard InChI is InChI=1S/C9H15NO3/c1-13-9(12)10-7-2-3-8(10)6(4-7)5-11/h6-8,11H,2-5H2,1H3. The van der Waals surface area contributed by atoms with E-state index in [1.807, 2.05) is 0 Å². The van der Waals surface area contributed by atoms with Crippen molar-refractivity contribution in [3.05, 3.63) is 0 Å². The number of nitrogens with zero attached hydrogens (tertiary/aromatic N) is 1. The average Bonchev–Trinajstić information content (AvgIpc) is 2.72. The molecule has 0 spiro atoms. The van der Waals surface area contributed by atoms with Gasteiger partial charge in [0.1, 0.15) is 0 Å². The third-order valence-electron chi connectivity index (χ3n) is 3.29. The van der Waals surface area contributed by atoms with Crippen LogP contribution in [0.4, 0.5) is 4.79 Å². The smallest absolute Gasteiger partial charge is 0.409 e. The predicted octanol–water partition coefficient (Wildman–Crippen LogP) is 0.598. The Balaban J connectivity index is 2.10. The summed E-state index contributed by atoms with van der Waals surface area (Å²) in [5, 5.41) is 9.08. The summed E-state index contributed by atoms with van der Waals surface area (Å²) in [6.07, 6.45) is 2.79. The van der Waals surface area contributed by atoms with Crippen LogP contribution in [-0.4, -0.2) is 41.9 Å². The molecule has 0 radical (unpaired) electrons. The highest BCUT2D eigenvalue weighted by molar-refractivity contribution is 5.69. The number of aliphatic hydroxyl groups is 1. The lowest BCUT2D eigenvalue weighted by molar-refractivity contribution is 0.110. The molecule has 1 N–H and O–H groups in total. The Morgan fingerprint density at radius 1 is 1.62 bits per heavy atom. The van der Waals surface area contributed by atoms with Gasteiger partial charge in [0.2, 0.25) is 0 Å². The quantitative estimate of drug-likeness (QED) is 0.650. The van der Waals surface area contributed by atoms with Crippen molar-refractivity contribution in [3.8, 4) is 0 Å². The molecule has 0 saturated carbocycles. The number of aliphatic hydroxyl groups excluding tert-OH is 1. The molecule has 0 aromatic carbocycles. The van der Waals surface area contributed by atoms with Gasteiger partial charge in [-0.25, -0.2) is 4.79 Å². The van der Waals surface area contributed by atoms with E-state index in [1.165, 1.54) is 7.11 Å². The van der Waals surface area contributed by atoms with E-state index in [1.54, 1.807) is 4.90 Å². The molecule has 13 heavy (non-hydrogen) atoms. The molecule has 2 bridgehead atoms. The SMILES string of the molecule is COC(=O)N1C2CCC1C(CO)C2. The minimum absolute atomic E-state index is 0.189. The van der Waals surface area contributed by atoms with E-state index in [0.29, 0.717) is 6.04 Å². The highest BCUT2D eigenvalue weighted by atomic mass is 16.5. The summed E-state index contributed by atoms with van der Waals surface area (Å²) in [6, 6.07) is 0.539. The lowest BCUT2D eigenvalue weighted by Crippen LogP contribution is -2.36. The van der Waals surface area contributed by atoms with Crippen LogP contribution in [0.5, 0.6) is 0 Å². The van der Waals surface area contributed by atoms with Crippen LogP contribution in [0.3, 0.4) is 0 Å². The van der Waals surface area contributed by atoms with Crippen molar-refractivity contribution < 1.29 is 14.6 Å². The molecule has 3 unspecified atom stereocenters. The second-order valence-electron chi connectivity index (χ2n) is 3.85. The van der Waals surface area contributed by atoms with Gasteiger partial charge in [-0.3, -0.25) is 0 Å². The summed E-state index contributed by atoms with van der Waals surface area (Å²) in [5.41, 5.74) is 0. The summed E-state index contributed by atoms with van der Waals surface area (Å²) in [6.45, 7) is 0.189. The Morgan fingerprint density at radius 3 is 2.92 bits per heavy atom. The van der Waals surface area contributed by atoms with Crippen molar-refractivity contribution in [1.29, 1.82) is 0 Å². The Hall–Kier alpha value is -0.770. The van der Waals surface area contributed by atoms with Crippen LogP contribution in [0.1, 0.15) is 19.3 Å². The first-order valence-corrected chi connectivity index (χ1v) is 4.75. The van der Waals surface area contributed by atoms with Crippen LogP contribution in [0, 0.1) is 5.92 Å². The first-order chi connectivity index (χ1) is 6.27. The van der Waals surface area contributed by atoms with Crippen molar-refractivity contribution in [2.24, 2.45) is 5.92 Å². The maximum atomic E-state index is 11.4. The molecule has 4 heteroatoms. The largest absolute Gasteiger partial charge is 0.453 e. The molecule has 2 aliphatic rings. The van der Waals surface area contributed by atoms with Crippen molar-refractivity contribution in [1.82, 2.24) is 4.90 Å². The number of methoxy groups -OCH3 is 1. The molecule has 1 amide bonds. The molecule has 2 fully saturated rings. The van der Waals surface area contributed by atoms with E-state index >= 15 is 0 Å². The molecule has 2 aliphatic heterocycles. The van der Waals surface area contributed by atoms with Crippen LogP contribution in [-0.2, 0) is 4.74 Å². The summed E-state index contributed by atoms with van der Waals surface area (Å²) in [4.78, 5) is 13.2. The van der Waals surface area contributed by atoms with E-state index in [2.05, 4.69) is 0 Å². The monoisotopic (exact) mass is 185 g/mol. The third kappa shape index (κ3) is 1.20. The van der Waals surface area contributed by atoms with Gasteiger partial charge >= 0.3 is 6.09 Å². The van der Waals surface area contributed by atoms with Gasteiger partial charge in [-0.15, -0.1) is 0 Å². The van der Waals surface area contributed by atoms with Crippen LogP contribution >= 0.6 is 0 Å². The molecule has 2 heterocycles. The van der Waals surface area contributed by atoms with Gasteiger partial charge in [0.05, 0.1) is 7.11 Å². The van der Waals surface area contributed by atoms with Crippen LogP contribution < -0.4 is 0 Å². The highest BCUT2D eigenvalue weighted by Gasteiger charge is 2.48. The molecule has 0 aromatic heterocycles. The number of rotatable bonds is 1. The number of hydrogen-bond acceptors (Lipinski definition) is 3. The predicted molar refractivity (Wildman–Crippen MR) is 46.2 cm³/mol. The van der Waals surface area contributed by atoms with Gasteiger partial charge in [0.15, 0.2) is 0 Å². The normalized spacial score (nSPS) is 36.8. The summed E-state index contributed by atoms with van der Waals surface area (Å²) < 4.78 is 4.71. The fourth-order valence-electron chi connectivity index (χ4n) is 2.70. The summed E-state index contributed by atoms with van der Waals surface area (Å²) in [7, 11) is 1.41. The van der Waals surface area contributed by atoms with Gasteiger partial charge in [0.25, 0.3) is 0 Å². The number of carbonyl (C=O) groups is 1. The van der Waals surface area contributed by atoms with Gasteiger partial charge in [-0.05, 0) is 19.3 Å². The van der Waals surface area contributed by atoms with Crippen molar-refractivity contribution >= 4 is 6.09 Å². The minimum atomic E-state index is -0.233. The van der Waals surface area contributed by atoms with Gasteiger partial charge < -0.3 is 14.7 Å². The fraction of sp³-hybridized carbons (Fsp3) is 0.889. The zero-order valence-electron chi connectivity index (χ0n) is 7.77. The molecule has 4 nitrogen and oxygen atoms in total. The van der Waals surface area contributed by atoms with Crippen molar-refractivity contribution in [2.45, 2.75) is 31.3 Å². The lowest BCUT2D eigenvalue weighted by atomic mass is 9.90. The summed E-state index contributed by atoms with van der Waals surface area (Å²) >= 11 is 0. The molecule has 3 atom stereocenters. The molecular formula is C9H15NO3. The Kier molecular flexibility index (Phi) is 2.15. The second kappa shape index (κ2) is 3.18. The lowest BCUT2D eigenvalue weighted by Gasteiger charge is -2.21.